The van der Waals surface area contributed by atoms with Gasteiger partial charge < -0.3 is 5.32 Å². The third-order valence-electron chi connectivity index (χ3n) is 2.39. The number of nitrogens with zero attached hydrogens (tertiary/aromatic N) is 2. The van der Waals surface area contributed by atoms with Crippen molar-refractivity contribution >= 4 is 15.7 Å². The van der Waals surface area contributed by atoms with Crippen molar-refractivity contribution in [2.75, 3.05) is 18.6 Å². The molecule has 0 aliphatic rings. The summed E-state index contributed by atoms with van der Waals surface area (Å²) >= 11 is 0. The minimum absolute atomic E-state index is 0.124. The van der Waals surface area contributed by atoms with Crippen molar-refractivity contribution < 1.29 is 8.42 Å². The van der Waals surface area contributed by atoms with Crippen LogP contribution in [0.3, 0.4) is 0 Å². The molecule has 0 spiro atoms. The molecule has 1 rings (SSSR count). The summed E-state index contributed by atoms with van der Waals surface area (Å²) in [6.45, 7) is 6.00. The molecule has 96 valence electrons. The van der Waals surface area contributed by atoms with Crippen LogP contribution in [0.5, 0.6) is 0 Å². The summed E-state index contributed by atoms with van der Waals surface area (Å²) in [6.07, 6.45) is 1.18. The van der Waals surface area contributed by atoms with Gasteiger partial charge in [0.1, 0.15) is 17.4 Å². The lowest BCUT2D eigenvalue weighted by molar-refractivity contribution is 0.599. The molecule has 0 unspecified atom stereocenters. The van der Waals surface area contributed by atoms with Crippen molar-refractivity contribution in [3.05, 3.63) is 17.1 Å². The molecule has 0 aliphatic heterocycles. The Morgan fingerprint density at radius 3 is 2.29 bits per heavy atom. The topological polar surface area (TPSA) is 72.0 Å². The number of nitrogens with one attached hydrogen (secondary N) is 1. The summed E-state index contributed by atoms with van der Waals surface area (Å²) in [5, 5.41) is 3.00. The molecule has 0 saturated carbocycles. The summed E-state index contributed by atoms with van der Waals surface area (Å²) in [7, 11) is -1.33. The van der Waals surface area contributed by atoms with Gasteiger partial charge in [0.2, 0.25) is 0 Å². The van der Waals surface area contributed by atoms with E-state index in [4.69, 9.17) is 0 Å². The fourth-order valence-corrected chi connectivity index (χ4v) is 2.42. The third-order valence-corrected chi connectivity index (χ3v) is 3.17. The van der Waals surface area contributed by atoms with Crippen LogP contribution in [0.15, 0.2) is 0 Å². The predicted molar refractivity (Wildman–Crippen MR) is 69.0 cm³/mol. The van der Waals surface area contributed by atoms with E-state index in [0.717, 1.165) is 11.3 Å². The molecule has 0 atom stereocenters. The van der Waals surface area contributed by atoms with Crippen molar-refractivity contribution in [3.8, 4) is 0 Å². The van der Waals surface area contributed by atoms with Gasteiger partial charge in [0.05, 0.1) is 0 Å². The SMILES string of the molecule is CNc1nc(CS(C)(=O)=O)nc(C)c1C(C)C. The third kappa shape index (κ3) is 3.66. The van der Waals surface area contributed by atoms with Gasteiger partial charge in [0.25, 0.3) is 0 Å². The van der Waals surface area contributed by atoms with E-state index in [2.05, 4.69) is 29.1 Å². The molecule has 1 aromatic rings. The van der Waals surface area contributed by atoms with Crippen LogP contribution in [-0.2, 0) is 15.6 Å². The quantitative estimate of drug-likeness (QED) is 0.885. The average molecular weight is 257 g/mol. The second kappa shape index (κ2) is 5.00. The molecule has 1 N–H and O–H groups in total. The lowest BCUT2D eigenvalue weighted by Crippen LogP contribution is -2.11. The second-order valence-corrected chi connectivity index (χ2v) is 6.60. The highest BCUT2D eigenvalue weighted by Crippen LogP contribution is 2.25. The Kier molecular flexibility index (Phi) is 4.08. The molecule has 1 aromatic heterocycles. The van der Waals surface area contributed by atoms with Crippen LogP contribution in [0.25, 0.3) is 0 Å². The first-order chi connectivity index (χ1) is 7.74. The van der Waals surface area contributed by atoms with Crippen LogP contribution in [0.2, 0.25) is 0 Å². The van der Waals surface area contributed by atoms with Gasteiger partial charge in [-0.1, -0.05) is 13.8 Å². The number of rotatable bonds is 4. The molecule has 0 fully saturated rings. The lowest BCUT2D eigenvalue weighted by Gasteiger charge is -2.15. The molecule has 6 heteroatoms. The zero-order chi connectivity index (χ0) is 13.2. The molecular formula is C11H19N3O2S. The van der Waals surface area contributed by atoms with Crippen molar-refractivity contribution in [2.24, 2.45) is 0 Å². The van der Waals surface area contributed by atoms with Crippen LogP contribution in [0.1, 0.15) is 36.8 Å². The molecule has 17 heavy (non-hydrogen) atoms. The van der Waals surface area contributed by atoms with Gasteiger partial charge in [-0.3, -0.25) is 0 Å². The Morgan fingerprint density at radius 1 is 1.29 bits per heavy atom. The number of anilines is 1. The summed E-state index contributed by atoms with van der Waals surface area (Å²) < 4.78 is 22.5. The molecule has 0 aromatic carbocycles. The van der Waals surface area contributed by atoms with Gasteiger partial charge in [-0.2, -0.15) is 0 Å². The lowest BCUT2D eigenvalue weighted by atomic mass is 10.0. The van der Waals surface area contributed by atoms with Gasteiger partial charge in [-0.15, -0.1) is 0 Å². The first-order valence-corrected chi connectivity index (χ1v) is 7.53. The second-order valence-electron chi connectivity index (χ2n) is 4.46. The monoisotopic (exact) mass is 257 g/mol. The summed E-state index contributed by atoms with van der Waals surface area (Å²) in [6, 6.07) is 0. The molecular weight excluding hydrogens is 238 g/mol. The average Bonchev–Trinajstić information content (AvgIpc) is 2.12. The Balaban J connectivity index is 3.27. The van der Waals surface area contributed by atoms with E-state index in [-0.39, 0.29) is 5.75 Å². The van der Waals surface area contributed by atoms with Gasteiger partial charge in [-0.05, 0) is 12.8 Å². The van der Waals surface area contributed by atoms with E-state index in [1.807, 2.05) is 6.92 Å². The van der Waals surface area contributed by atoms with E-state index >= 15 is 0 Å². The zero-order valence-corrected chi connectivity index (χ0v) is 11.7. The summed E-state index contributed by atoms with van der Waals surface area (Å²) in [5.74, 6) is 1.23. The highest BCUT2D eigenvalue weighted by Gasteiger charge is 2.15. The molecule has 0 amide bonds. The Labute approximate surface area is 103 Å². The normalized spacial score (nSPS) is 11.9. The van der Waals surface area contributed by atoms with Crippen LogP contribution < -0.4 is 5.32 Å². The van der Waals surface area contributed by atoms with Crippen LogP contribution in [0, 0.1) is 6.92 Å². The smallest absolute Gasteiger partial charge is 0.154 e. The number of sulfone groups is 1. The fraction of sp³-hybridized carbons (Fsp3) is 0.636. The van der Waals surface area contributed by atoms with Crippen LogP contribution >= 0.6 is 0 Å². The minimum Gasteiger partial charge on any atom is -0.373 e. The largest absolute Gasteiger partial charge is 0.373 e. The zero-order valence-electron chi connectivity index (χ0n) is 10.9. The number of hydrogen-bond donors (Lipinski definition) is 1. The molecule has 5 nitrogen and oxygen atoms in total. The van der Waals surface area contributed by atoms with Gasteiger partial charge in [0.15, 0.2) is 9.84 Å². The number of aromatic nitrogens is 2. The highest BCUT2D eigenvalue weighted by atomic mass is 32.2. The first kappa shape index (κ1) is 13.9. The number of aryl methyl sites for hydroxylation is 1. The standard InChI is InChI=1S/C11H19N3O2S/c1-7(2)10-8(3)13-9(6-17(5,15)16)14-11(10)12-4/h7H,6H2,1-5H3,(H,12,13,14). The maximum atomic E-state index is 11.2. The Hall–Kier alpha value is -1.17. The highest BCUT2D eigenvalue weighted by molar-refractivity contribution is 7.89. The van der Waals surface area contributed by atoms with Crippen molar-refractivity contribution in [3.63, 3.8) is 0 Å². The van der Waals surface area contributed by atoms with Crippen molar-refractivity contribution in [1.82, 2.24) is 9.97 Å². The van der Waals surface area contributed by atoms with Gasteiger partial charge in [0, 0.05) is 24.6 Å². The fourth-order valence-electron chi connectivity index (χ4n) is 1.82. The number of hydrogen-bond acceptors (Lipinski definition) is 5. The van der Waals surface area contributed by atoms with Crippen molar-refractivity contribution in [2.45, 2.75) is 32.4 Å². The maximum Gasteiger partial charge on any atom is 0.154 e. The van der Waals surface area contributed by atoms with E-state index < -0.39 is 9.84 Å². The molecule has 1 heterocycles. The van der Waals surface area contributed by atoms with E-state index in [1.54, 1.807) is 7.05 Å². The van der Waals surface area contributed by atoms with E-state index in [0.29, 0.717) is 17.6 Å². The molecule has 0 radical (unpaired) electrons. The molecule has 0 aliphatic carbocycles. The molecule has 0 bridgehead atoms. The summed E-state index contributed by atoms with van der Waals surface area (Å²) in [5.41, 5.74) is 1.86. The van der Waals surface area contributed by atoms with Gasteiger partial charge in [-0.25, -0.2) is 18.4 Å². The first-order valence-electron chi connectivity index (χ1n) is 5.47. The van der Waals surface area contributed by atoms with E-state index in [9.17, 15) is 8.42 Å². The van der Waals surface area contributed by atoms with Crippen LogP contribution in [0.4, 0.5) is 5.82 Å². The molecule has 0 saturated heterocycles. The van der Waals surface area contributed by atoms with E-state index in [1.165, 1.54) is 6.26 Å². The Morgan fingerprint density at radius 2 is 1.88 bits per heavy atom. The summed E-state index contributed by atoms with van der Waals surface area (Å²) in [4.78, 5) is 8.52. The van der Waals surface area contributed by atoms with Gasteiger partial charge >= 0.3 is 0 Å². The predicted octanol–water partition coefficient (Wildman–Crippen LogP) is 1.49. The maximum absolute atomic E-state index is 11.2. The minimum atomic E-state index is -3.10. The Bertz CT molecular complexity index is 510. The van der Waals surface area contributed by atoms with Crippen LogP contribution in [-0.4, -0.2) is 31.7 Å². The van der Waals surface area contributed by atoms with Crippen molar-refractivity contribution in [1.29, 1.82) is 0 Å².